The molecule has 2 aliphatic rings. The van der Waals surface area contributed by atoms with Gasteiger partial charge in [-0.05, 0) is 73.1 Å². The molecule has 0 heterocycles. The zero-order valence-corrected chi connectivity index (χ0v) is 17.8. The minimum absolute atomic E-state index is 0.105. The second-order valence-corrected chi connectivity index (χ2v) is 10.4. The smallest absolute Gasteiger partial charge is 0.243 e. The van der Waals surface area contributed by atoms with E-state index >= 15 is 0 Å². The number of nitrogens with zero attached hydrogens (tertiary/aromatic N) is 2. The SMILES string of the molecule is N#Cc1ccc(CN(C2C(C(N)=O)[C@H]3CC[C@@H]2C3)S(=O)(=O)c2ccc(Cl)cc2)cc1. The topological polar surface area (TPSA) is 104 Å². The van der Waals surface area contributed by atoms with Gasteiger partial charge in [-0.2, -0.15) is 9.57 Å². The zero-order chi connectivity index (χ0) is 21.5. The van der Waals surface area contributed by atoms with Crippen molar-refractivity contribution in [3.05, 3.63) is 64.7 Å². The van der Waals surface area contributed by atoms with E-state index in [4.69, 9.17) is 22.6 Å². The Bertz CT molecular complexity index is 1090. The Labute approximate surface area is 181 Å². The van der Waals surface area contributed by atoms with Crippen LogP contribution in [0.4, 0.5) is 0 Å². The average Bonchev–Trinajstić information content (AvgIpc) is 3.34. The predicted molar refractivity (Wildman–Crippen MR) is 113 cm³/mol. The van der Waals surface area contributed by atoms with E-state index in [0.29, 0.717) is 10.6 Å². The van der Waals surface area contributed by atoms with Crippen molar-refractivity contribution in [2.45, 2.75) is 36.7 Å². The van der Waals surface area contributed by atoms with Crippen molar-refractivity contribution in [3.63, 3.8) is 0 Å². The van der Waals surface area contributed by atoms with Crippen LogP contribution in [0.3, 0.4) is 0 Å². The third-order valence-electron chi connectivity index (χ3n) is 6.38. The Morgan fingerprint density at radius 2 is 1.73 bits per heavy atom. The van der Waals surface area contributed by atoms with E-state index in [9.17, 15) is 13.2 Å². The van der Waals surface area contributed by atoms with Crippen LogP contribution in [0.1, 0.15) is 30.4 Å². The molecule has 8 heteroatoms. The summed E-state index contributed by atoms with van der Waals surface area (Å²) in [5, 5.41) is 9.48. The monoisotopic (exact) mass is 443 g/mol. The summed E-state index contributed by atoms with van der Waals surface area (Å²) in [5.74, 6) is -0.707. The van der Waals surface area contributed by atoms with Gasteiger partial charge in [-0.1, -0.05) is 23.7 Å². The summed E-state index contributed by atoms with van der Waals surface area (Å²) >= 11 is 5.95. The van der Waals surface area contributed by atoms with Gasteiger partial charge in [-0.3, -0.25) is 4.79 Å². The summed E-state index contributed by atoms with van der Waals surface area (Å²) in [7, 11) is -3.90. The fraction of sp³-hybridized carbons (Fsp3) is 0.364. The average molecular weight is 444 g/mol. The molecule has 2 saturated carbocycles. The van der Waals surface area contributed by atoms with Gasteiger partial charge in [-0.25, -0.2) is 8.42 Å². The van der Waals surface area contributed by atoms with Crippen molar-refractivity contribution in [1.29, 1.82) is 5.26 Å². The van der Waals surface area contributed by atoms with E-state index in [-0.39, 0.29) is 23.3 Å². The lowest BCUT2D eigenvalue weighted by Gasteiger charge is -2.37. The minimum atomic E-state index is -3.90. The lowest BCUT2D eigenvalue weighted by Crippen LogP contribution is -2.50. The molecule has 4 atom stereocenters. The number of carbonyl (C=O) groups excluding carboxylic acids is 1. The normalized spacial score (nSPS) is 25.4. The zero-order valence-electron chi connectivity index (χ0n) is 16.2. The van der Waals surface area contributed by atoms with Gasteiger partial charge >= 0.3 is 0 Å². The fourth-order valence-corrected chi connectivity index (χ4v) is 6.85. The van der Waals surface area contributed by atoms with Crippen LogP contribution in [-0.4, -0.2) is 24.7 Å². The van der Waals surface area contributed by atoms with Crippen LogP contribution in [0, 0.1) is 29.1 Å². The Hall–Kier alpha value is -2.40. The van der Waals surface area contributed by atoms with Crippen molar-refractivity contribution >= 4 is 27.5 Å². The molecular formula is C22H22ClN3O3S. The fourth-order valence-electron chi connectivity index (χ4n) is 5.03. The summed E-state index contributed by atoms with van der Waals surface area (Å²) in [5.41, 5.74) is 6.98. The van der Waals surface area contributed by atoms with Crippen LogP contribution >= 0.6 is 11.6 Å². The molecule has 2 bridgehead atoms. The molecule has 0 spiro atoms. The maximum Gasteiger partial charge on any atom is 0.243 e. The molecule has 0 aromatic heterocycles. The first kappa shape index (κ1) is 20.9. The Morgan fingerprint density at radius 1 is 1.10 bits per heavy atom. The van der Waals surface area contributed by atoms with Gasteiger partial charge in [0.05, 0.1) is 22.4 Å². The molecule has 0 radical (unpaired) electrons. The summed E-state index contributed by atoms with van der Waals surface area (Å²) < 4.78 is 28.8. The molecule has 1 amide bonds. The van der Waals surface area contributed by atoms with E-state index in [1.807, 2.05) is 0 Å². The number of hydrogen-bond donors (Lipinski definition) is 1. The number of amides is 1. The number of benzene rings is 2. The molecule has 2 aliphatic carbocycles. The van der Waals surface area contributed by atoms with Crippen LogP contribution < -0.4 is 5.73 Å². The first-order valence-corrected chi connectivity index (χ1v) is 11.7. The van der Waals surface area contributed by atoms with Gasteiger partial charge in [0.15, 0.2) is 0 Å². The maximum atomic E-state index is 13.7. The summed E-state index contributed by atoms with van der Waals surface area (Å²) in [6, 6.07) is 14.5. The van der Waals surface area contributed by atoms with Gasteiger partial charge in [0.1, 0.15) is 0 Å². The molecule has 2 fully saturated rings. The van der Waals surface area contributed by atoms with Crippen LogP contribution in [0.2, 0.25) is 5.02 Å². The molecule has 2 N–H and O–H groups in total. The third kappa shape index (κ3) is 3.71. The number of sulfonamides is 1. The Balaban J connectivity index is 1.77. The van der Waals surface area contributed by atoms with Gasteiger partial charge < -0.3 is 5.73 Å². The van der Waals surface area contributed by atoms with Crippen molar-refractivity contribution in [2.75, 3.05) is 0 Å². The van der Waals surface area contributed by atoms with Crippen LogP contribution in [0.25, 0.3) is 0 Å². The molecule has 2 unspecified atom stereocenters. The Morgan fingerprint density at radius 3 is 2.33 bits per heavy atom. The second-order valence-electron chi connectivity index (χ2n) is 8.06. The van der Waals surface area contributed by atoms with E-state index in [1.165, 1.54) is 16.4 Å². The first-order valence-electron chi connectivity index (χ1n) is 9.87. The lowest BCUT2D eigenvalue weighted by atomic mass is 9.84. The summed E-state index contributed by atoms with van der Waals surface area (Å²) in [6.45, 7) is 0.105. The number of nitriles is 1. The standard InChI is InChI=1S/C22H22ClN3O3S/c23-18-7-9-19(10-8-18)30(28,29)26(13-15-3-1-14(12-24)2-4-15)21-17-6-5-16(11-17)20(21)22(25)27/h1-4,7-10,16-17,20-21H,5-6,11,13H2,(H2,25,27)/t16-,17+,20?,21?/m0/s1. The molecule has 156 valence electrons. The molecule has 30 heavy (non-hydrogen) atoms. The molecule has 0 saturated heterocycles. The van der Waals surface area contributed by atoms with E-state index in [2.05, 4.69) is 6.07 Å². The number of nitrogens with two attached hydrogens (primary N) is 1. The minimum Gasteiger partial charge on any atom is -0.369 e. The number of rotatable bonds is 6. The highest BCUT2D eigenvalue weighted by Crippen LogP contribution is 2.51. The second kappa shape index (κ2) is 8.03. The van der Waals surface area contributed by atoms with Gasteiger partial charge in [0.2, 0.25) is 15.9 Å². The molecule has 6 nitrogen and oxygen atoms in total. The lowest BCUT2D eigenvalue weighted by molar-refractivity contribution is -0.125. The van der Waals surface area contributed by atoms with Crippen molar-refractivity contribution in [2.24, 2.45) is 23.5 Å². The highest BCUT2D eigenvalue weighted by molar-refractivity contribution is 7.89. The molecule has 0 aliphatic heterocycles. The highest BCUT2D eigenvalue weighted by Gasteiger charge is 2.54. The van der Waals surface area contributed by atoms with Gasteiger partial charge in [-0.15, -0.1) is 0 Å². The van der Waals surface area contributed by atoms with E-state index < -0.39 is 27.9 Å². The number of halogens is 1. The van der Waals surface area contributed by atoms with E-state index in [0.717, 1.165) is 24.8 Å². The summed E-state index contributed by atoms with van der Waals surface area (Å²) in [4.78, 5) is 12.4. The molecular weight excluding hydrogens is 422 g/mol. The predicted octanol–water partition coefficient (Wildman–Crippen LogP) is 3.30. The molecule has 2 aromatic rings. The van der Waals surface area contributed by atoms with Gasteiger partial charge in [0.25, 0.3) is 0 Å². The first-order chi connectivity index (χ1) is 14.3. The largest absolute Gasteiger partial charge is 0.369 e. The number of carbonyl (C=O) groups is 1. The van der Waals surface area contributed by atoms with Gasteiger partial charge in [0, 0.05) is 17.6 Å². The van der Waals surface area contributed by atoms with Crippen LogP contribution in [0.15, 0.2) is 53.4 Å². The number of primary amides is 1. The van der Waals surface area contributed by atoms with Crippen molar-refractivity contribution < 1.29 is 13.2 Å². The highest BCUT2D eigenvalue weighted by atomic mass is 35.5. The van der Waals surface area contributed by atoms with Crippen LogP contribution in [0.5, 0.6) is 0 Å². The summed E-state index contributed by atoms with van der Waals surface area (Å²) in [6.07, 6.45) is 2.61. The number of fused-ring (bicyclic) bond motifs is 2. The van der Waals surface area contributed by atoms with Crippen molar-refractivity contribution in [1.82, 2.24) is 4.31 Å². The van der Waals surface area contributed by atoms with Crippen LogP contribution in [-0.2, 0) is 21.4 Å². The number of hydrogen-bond acceptors (Lipinski definition) is 4. The Kier molecular flexibility index (Phi) is 5.58. The quantitative estimate of drug-likeness (QED) is 0.739. The maximum absolute atomic E-state index is 13.7. The third-order valence-corrected chi connectivity index (χ3v) is 8.49. The van der Waals surface area contributed by atoms with Crippen molar-refractivity contribution in [3.8, 4) is 6.07 Å². The van der Waals surface area contributed by atoms with E-state index in [1.54, 1.807) is 36.4 Å². The molecule has 4 rings (SSSR count). The molecule has 2 aromatic carbocycles.